The van der Waals surface area contributed by atoms with Gasteiger partial charge in [-0.15, -0.1) is 0 Å². The van der Waals surface area contributed by atoms with Gasteiger partial charge in [0.25, 0.3) is 6.43 Å². The average molecular weight is 213 g/mol. The Bertz CT molecular complexity index is 302. The highest BCUT2D eigenvalue weighted by atomic mass is 19.3. The zero-order valence-electron chi connectivity index (χ0n) is 6.98. The van der Waals surface area contributed by atoms with Gasteiger partial charge in [0.05, 0.1) is 0 Å². The van der Waals surface area contributed by atoms with Gasteiger partial charge in [-0.25, -0.2) is 22.0 Å². The van der Waals surface area contributed by atoms with Crippen molar-refractivity contribution in [1.82, 2.24) is 6.15 Å². The first-order valence-electron chi connectivity index (χ1n) is 3.39. The highest BCUT2D eigenvalue weighted by Gasteiger charge is 2.24. The molecule has 0 heterocycles. The van der Waals surface area contributed by atoms with Gasteiger partial charge in [0.15, 0.2) is 6.17 Å². The van der Waals surface area contributed by atoms with E-state index in [1.807, 2.05) is 0 Å². The van der Waals surface area contributed by atoms with Crippen LogP contribution < -0.4 is 6.15 Å². The third kappa shape index (κ3) is 2.66. The van der Waals surface area contributed by atoms with Crippen LogP contribution in [0.15, 0.2) is 18.2 Å². The van der Waals surface area contributed by atoms with E-state index in [2.05, 4.69) is 0 Å². The lowest BCUT2D eigenvalue weighted by atomic mass is 10.1. The molecule has 0 saturated carbocycles. The van der Waals surface area contributed by atoms with Gasteiger partial charge in [0.1, 0.15) is 11.6 Å². The molecule has 1 atom stereocenters. The molecule has 80 valence electrons. The molecular formula is C8H8F5N. The fraction of sp³-hybridized carbons (Fsp3) is 0.250. The molecular weight excluding hydrogens is 205 g/mol. The van der Waals surface area contributed by atoms with Gasteiger partial charge in [0.2, 0.25) is 0 Å². The minimum atomic E-state index is -3.31. The van der Waals surface area contributed by atoms with Crippen molar-refractivity contribution >= 4 is 0 Å². The highest BCUT2D eigenvalue weighted by Crippen LogP contribution is 2.26. The number of hydrogen-bond acceptors (Lipinski definition) is 1. The Kier molecular flexibility index (Phi) is 4.49. The van der Waals surface area contributed by atoms with Crippen LogP contribution in [0.5, 0.6) is 0 Å². The second-order valence-corrected chi connectivity index (χ2v) is 2.40. The molecule has 0 aliphatic rings. The Morgan fingerprint density at radius 2 is 1.57 bits per heavy atom. The maximum absolute atomic E-state index is 12.6. The molecule has 1 aromatic rings. The predicted molar refractivity (Wildman–Crippen MR) is 41.2 cm³/mol. The van der Waals surface area contributed by atoms with Crippen molar-refractivity contribution < 1.29 is 22.0 Å². The minimum Gasteiger partial charge on any atom is -0.344 e. The summed E-state index contributed by atoms with van der Waals surface area (Å²) in [5.74, 6) is -2.23. The Morgan fingerprint density at radius 1 is 1.00 bits per heavy atom. The zero-order valence-corrected chi connectivity index (χ0v) is 6.98. The normalized spacial score (nSPS) is 12.4. The maximum atomic E-state index is 12.6. The van der Waals surface area contributed by atoms with Crippen LogP contribution in [0.1, 0.15) is 11.7 Å². The standard InChI is InChI=1S/C8H5F5.H3N/c9-4-1-2-5(6(10)3-4)7(11)8(12)13;/h1-3,7-8H;1H3/t7-;/m0./s1. The number of rotatable bonds is 2. The summed E-state index contributed by atoms with van der Waals surface area (Å²) in [7, 11) is 0. The molecule has 0 bridgehead atoms. The van der Waals surface area contributed by atoms with Gasteiger partial charge in [-0.05, 0) is 6.07 Å². The van der Waals surface area contributed by atoms with E-state index in [0.29, 0.717) is 12.1 Å². The molecule has 0 fully saturated rings. The first-order chi connectivity index (χ1) is 6.02. The zero-order chi connectivity index (χ0) is 10.0. The molecule has 0 aliphatic carbocycles. The number of alkyl halides is 3. The smallest absolute Gasteiger partial charge is 0.273 e. The molecule has 0 aromatic heterocycles. The molecule has 0 saturated heterocycles. The largest absolute Gasteiger partial charge is 0.344 e. The van der Waals surface area contributed by atoms with Gasteiger partial charge in [0, 0.05) is 11.6 Å². The summed E-state index contributed by atoms with van der Waals surface area (Å²) >= 11 is 0. The molecule has 14 heavy (non-hydrogen) atoms. The van der Waals surface area contributed by atoms with Crippen molar-refractivity contribution in [2.24, 2.45) is 0 Å². The molecule has 0 spiro atoms. The highest BCUT2D eigenvalue weighted by molar-refractivity contribution is 5.21. The van der Waals surface area contributed by atoms with Crippen molar-refractivity contribution in [3.05, 3.63) is 35.4 Å². The van der Waals surface area contributed by atoms with E-state index in [1.165, 1.54) is 0 Å². The topological polar surface area (TPSA) is 35.0 Å². The number of benzene rings is 1. The molecule has 0 radical (unpaired) electrons. The summed E-state index contributed by atoms with van der Waals surface area (Å²) in [5.41, 5.74) is -0.823. The second kappa shape index (κ2) is 4.90. The van der Waals surface area contributed by atoms with Crippen molar-refractivity contribution in [2.45, 2.75) is 12.6 Å². The SMILES string of the molecule is Fc1ccc([C@H](F)C(F)F)c(F)c1.N. The number of hydrogen-bond donors (Lipinski definition) is 1. The molecule has 0 unspecified atom stereocenters. The predicted octanol–water partition coefficient (Wildman–Crippen LogP) is 3.40. The van der Waals surface area contributed by atoms with Crippen LogP contribution in [0.3, 0.4) is 0 Å². The lowest BCUT2D eigenvalue weighted by Crippen LogP contribution is -2.05. The van der Waals surface area contributed by atoms with Crippen LogP contribution in [0.4, 0.5) is 22.0 Å². The van der Waals surface area contributed by atoms with Crippen LogP contribution in [0.25, 0.3) is 0 Å². The summed E-state index contributed by atoms with van der Waals surface area (Å²) in [4.78, 5) is 0. The summed E-state index contributed by atoms with van der Waals surface area (Å²) in [6, 6.07) is 1.76. The summed E-state index contributed by atoms with van der Waals surface area (Å²) in [6.07, 6.45) is -6.01. The van der Waals surface area contributed by atoms with Crippen LogP contribution in [-0.2, 0) is 0 Å². The first-order valence-corrected chi connectivity index (χ1v) is 3.39. The third-order valence-electron chi connectivity index (χ3n) is 1.48. The molecule has 1 nitrogen and oxygen atoms in total. The van der Waals surface area contributed by atoms with E-state index < -0.39 is 29.8 Å². The Balaban J connectivity index is 0.00000169. The van der Waals surface area contributed by atoms with Crippen molar-refractivity contribution in [1.29, 1.82) is 0 Å². The Morgan fingerprint density at radius 3 is 2.00 bits per heavy atom. The van der Waals surface area contributed by atoms with Gasteiger partial charge in [-0.2, -0.15) is 0 Å². The van der Waals surface area contributed by atoms with Crippen molar-refractivity contribution in [2.75, 3.05) is 0 Å². The summed E-state index contributed by atoms with van der Waals surface area (Å²) in [6.45, 7) is 0. The van der Waals surface area contributed by atoms with Gasteiger partial charge >= 0.3 is 0 Å². The van der Waals surface area contributed by atoms with E-state index in [0.717, 1.165) is 6.07 Å². The Labute approximate surface area is 77.1 Å². The van der Waals surface area contributed by atoms with E-state index in [-0.39, 0.29) is 6.15 Å². The van der Waals surface area contributed by atoms with E-state index in [4.69, 9.17) is 0 Å². The van der Waals surface area contributed by atoms with Gasteiger partial charge < -0.3 is 6.15 Å². The lowest BCUT2D eigenvalue weighted by molar-refractivity contribution is 0.0475. The van der Waals surface area contributed by atoms with Crippen LogP contribution in [-0.4, -0.2) is 6.43 Å². The van der Waals surface area contributed by atoms with E-state index in [1.54, 1.807) is 0 Å². The van der Waals surface area contributed by atoms with Gasteiger partial charge in [-0.3, -0.25) is 0 Å². The molecule has 1 rings (SSSR count). The van der Waals surface area contributed by atoms with Crippen molar-refractivity contribution in [3.8, 4) is 0 Å². The summed E-state index contributed by atoms with van der Waals surface area (Å²) in [5, 5.41) is 0. The average Bonchev–Trinajstić information content (AvgIpc) is 2.03. The van der Waals surface area contributed by atoms with Gasteiger partial charge in [-0.1, -0.05) is 6.07 Å². The monoisotopic (exact) mass is 213 g/mol. The maximum Gasteiger partial charge on any atom is 0.273 e. The van der Waals surface area contributed by atoms with Crippen LogP contribution >= 0.6 is 0 Å². The third-order valence-corrected chi connectivity index (χ3v) is 1.48. The molecule has 3 N–H and O–H groups in total. The van der Waals surface area contributed by atoms with Crippen LogP contribution in [0.2, 0.25) is 0 Å². The number of halogens is 5. The minimum absolute atomic E-state index is 0. The Hall–Kier alpha value is -1.17. The van der Waals surface area contributed by atoms with E-state index >= 15 is 0 Å². The first kappa shape index (κ1) is 12.8. The quantitative estimate of drug-likeness (QED) is 0.750. The lowest BCUT2D eigenvalue weighted by Gasteiger charge is -2.07. The molecule has 0 amide bonds. The second-order valence-electron chi connectivity index (χ2n) is 2.40. The van der Waals surface area contributed by atoms with Crippen molar-refractivity contribution in [3.63, 3.8) is 0 Å². The van der Waals surface area contributed by atoms with E-state index in [9.17, 15) is 22.0 Å². The fourth-order valence-corrected chi connectivity index (χ4v) is 0.861. The van der Waals surface area contributed by atoms with Crippen LogP contribution in [0, 0.1) is 11.6 Å². The molecule has 0 aliphatic heterocycles. The molecule has 1 aromatic carbocycles. The summed E-state index contributed by atoms with van der Waals surface area (Å²) < 4.78 is 61.0. The fourth-order valence-electron chi connectivity index (χ4n) is 0.861. The molecule has 6 heteroatoms.